The number of hydrogen-bond donors (Lipinski definition) is 2. The largest absolute Gasteiger partial charge is 0.490 e. The lowest BCUT2D eigenvalue weighted by Gasteiger charge is -2.19. The van der Waals surface area contributed by atoms with Gasteiger partial charge in [-0.05, 0) is 32.4 Å². The van der Waals surface area contributed by atoms with Crippen molar-refractivity contribution in [1.29, 1.82) is 0 Å². The van der Waals surface area contributed by atoms with Crippen LogP contribution in [0.3, 0.4) is 0 Å². The van der Waals surface area contributed by atoms with E-state index in [9.17, 15) is 18.0 Å². The topological polar surface area (TPSA) is 69.6 Å². The SMILES string of the molecule is O=C(O)C(F)(F)F.O=C1NCCC1N1CCCC1. The molecule has 0 aromatic rings. The average Bonchev–Trinajstić information content (AvgIpc) is 2.86. The third-order valence-electron chi connectivity index (χ3n) is 2.84. The highest BCUT2D eigenvalue weighted by molar-refractivity contribution is 5.83. The second kappa shape index (κ2) is 6.03. The first kappa shape index (κ1) is 14.7. The van der Waals surface area contributed by atoms with Crippen LogP contribution in [0.1, 0.15) is 19.3 Å². The Morgan fingerprint density at radius 3 is 2.17 bits per heavy atom. The van der Waals surface area contributed by atoms with E-state index in [1.807, 2.05) is 0 Å². The van der Waals surface area contributed by atoms with Crippen LogP contribution in [0, 0.1) is 0 Å². The lowest BCUT2D eigenvalue weighted by Crippen LogP contribution is -2.38. The molecule has 8 heteroatoms. The molecule has 0 radical (unpaired) electrons. The molecule has 1 atom stereocenters. The molecule has 104 valence electrons. The summed E-state index contributed by atoms with van der Waals surface area (Å²) in [5, 5.41) is 9.99. The van der Waals surface area contributed by atoms with E-state index >= 15 is 0 Å². The van der Waals surface area contributed by atoms with Crippen molar-refractivity contribution in [1.82, 2.24) is 10.2 Å². The summed E-state index contributed by atoms with van der Waals surface area (Å²) in [5.74, 6) is -2.51. The maximum atomic E-state index is 11.2. The number of hydrogen-bond acceptors (Lipinski definition) is 3. The van der Waals surface area contributed by atoms with E-state index in [-0.39, 0.29) is 11.9 Å². The van der Waals surface area contributed by atoms with Crippen LogP contribution in [-0.4, -0.2) is 53.7 Å². The second-order valence-corrected chi connectivity index (χ2v) is 4.14. The molecule has 2 aliphatic rings. The molecule has 0 aromatic heterocycles. The fourth-order valence-electron chi connectivity index (χ4n) is 1.98. The Kier molecular flexibility index (Phi) is 4.94. The van der Waals surface area contributed by atoms with Gasteiger partial charge in [-0.2, -0.15) is 13.2 Å². The van der Waals surface area contributed by atoms with Crippen LogP contribution in [-0.2, 0) is 9.59 Å². The minimum absolute atomic E-state index is 0.206. The number of amides is 1. The predicted octanol–water partition coefficient (Wildman–Crippen LogP) is 0.604. The zero-order chi connectivity index (χ0) is 13.8. The fraction of sp³-hybridized carbons (Fsp3) is 0.800. The van der Waals surface area contributed by atoms with Gasteiger partial charge in [-0.1, -0.05) is 0 Å². The number of alkyl halides is 3. The first-order chi connectivity index (χ1) is 8.32. The van der Waals surface area contributed by atoms with E-state index in [0.29, 0.717) is 0 Å². The van der Waals surface area contributed by atoms with Crippen molar-refractivity contribution < 1.29 is 27.9 Å². The van der Waals surface area contributed by atoms with Crippen LogP contribution in [0.5, 0.6) is 0 Å². The van der Waals surface area contributed by atoms with Crippen molar-refractivity contribution in [3.05, 3.63) is 0 Å². The van der Waals surface area contributed by atoms with Gasteiger partial charge in [-0.3, -0.25) is 9.69 Å². The Morgan fingerprint density at radius 1 is 1.33 bits per heavy atom. The molecule has 2 N–H and O–H groups in total. The maximum absolute atomic E-state index is 11.2. The number of rotatable bonds is 1. The predicted molar refractivity (Wildman–Crippen MR) is 55.9 cm³/mol. The van der Waals surface area contributed by atoms with Crippen LogP contribution in [0.25, 0.3) is 0 Å². The minimum atomic E-state index is -5.08. The van der Waals surface area contributed by atoms with Gasteiger partial charge >= 0.3 is 12.1 Å². The highest BCUT2D eigenvalue weighted by Gasteiger charge is 2.38. The second-order valence-electron chi connectivity index (χ2n) is 4.14. The molecule has 18 heavy (non-hydrogen) atoms. The van der Waals surface area contributed by atoms with Crippen molar-refractivity contribution in [3.63, 3.8) is 0 Å². The van der Waals surface area contributed by atoms with Crippen molar-refractivity contribution in [2.75, 3.05) is 19.6 Å². The van der Waals surface area contributed by atoms with E-state index in [1.54, 1.807) is 0 Å². The minimum Gasteiger partial charge on any atom is -0.475 e. The van der Waals surface area contributed by atoms with Gasteiger partial charge in [0.15, 0.2) is 0 Å². The molecule has 2 saturated heterocycles. The summed E-state index contributed by atoms with van der Waals surface area (Å²) in [6.07, 6.45) is -1.54. The molecule has 2 aliphatic heterocycles. The molecule has 1 amide bonds. The summed E-state index contributed by atoms with van der Waals surface area (Å²) in [4.78, 5) is 22.4. The Morgan fingerprint density at radius 2 is 1.83 bits per heavy atom. The molecular weight excluding hydrogens is 253 g/mol. The van der Waals surface area contributed by atoms with E-state index in [2.05, 4.69) is 10.2 Å². The molecule has 0 bridgehead atoms. The standard InChI is InChI=1S/C8H14N2O.C2HF3O2/c11-8-7(3-4-9-8)10-5-1-2-6-10;3-2(4,5)1(6)7/h7H,1-6H2,(H,9,11);(H,6,7). The van der Waals surface area contributed by atoms with E-state index in [4.69, 9.17) is 9.90 Å². The van der Waals surface area contributed by atoms with E-state index < -0.39 is 12.1 Å². The number of carboxylic acids is 1. The number of likely N-dealkylation sites (tertiary alicyclic amines) is 1. The first-order valence-corrected chi connectivity index (χ1v) is 5.64. The number of carbonyl (C=O) groups is 2. The van der Waals surface area contributed by atoms with E-state index in [1.165, 1.54) is 12.8 Å². The maximum Gasteiger partial charge on any atom is 0.490 e. The van der Waals surface area contributed by atoms with Crippen LogP contribution < -0.4 is 5.32 Å². The number of nitrogens with one attached hydrogen (secondary N) is 1. The van der Waals surface area contributed by atoms with Crippen LogP contribution >= 0.6 is 0 Å². The lowest BCUT2D eigenvalue weighted by atomic mass is 10.2. The normalized spacial score (nSPS) is 24.4. The molecule has 0 saturated carbocycles. The molecule has 2 heterocycles. The highest BCUT2D eigenvalue weighted by Crippen LogP contribution is 2.16. The Labute approximate surface area is 102 Å². The van der Waals surface area contributed by atoms with Gasteiger partial charge < -0.3 is 10.4 Å². The Balaban J connectivity index is 0.000000203. The van der Waals surface area contributed by atoms with Gasteiger partial charge in [-0.15, -0.1) is 0 Å². The van der Waals surface area contributed by atoms with Crippen molar-refractivity contribution in [3.8, 4) is 0 Å². The summed E-state index contributed by atoms with van der Waals surface area (Å²) in [6.45, 7) is 3.12. The number of halogens is 3. The summed E-state index contributed by atoms with van der Waals surface area (Å²) in [6, 6.07) is 0.206. The number of carbonyl (C=O) groups excluding carboxylic acids is 1. The van der Waals surface area contributed by atoms with Crippen molar-refractivity contribution in [2.45, 2.75) is 31.5 Å². The third-order valence-corrected chi connectivity index (χ3v) is 2.84. The fourth-order valence-corrected chi connectivity index (χ4v) is 1.98. The number of carboxylic acid groups (broad SMARTS) is 1. The van der Waals surface area contributed by atoms with Gasteiger partial charge in [0, 0.05) is 6.54 Å². The Hall–Kier alpha value is -1.31. The van der Waals surface area contributed by atoms with Crippen LogP contribution in [0.2, 0.25) is 0 Å². The zero-order valence-corrected chi connectivity index (χ0v) is 9.66. The smallest absolute Gasteiger partial charge is 0.475 e. The van der Waals surface area contributed by atoms with Crippen molar-refractivity contribution >= 4 is 11.9 Å². The monoisotopic (exact) mass is 268 g/mol. The van der Waals surface area contributed by atoms with Crippen molar-refractivity contribution in [2.24, 2.45) is 0 Å². The van der Waals surface area contributed by atoms with Gasteiger partial charge in [0.2, 0.25) is 5.91 Å². The first-order valence-electron chi connectivity index (χ1n) is 5.64. The van der Waals surface area contributed by atoms with E-state index in [0.717, 1.165) is 26.1 Å². The van der Waals surface area contributed by atoms with Crippen LogP contribution in [0.15, 0.2) is 0 Å². The third kappa shape index (κ3) is 4.17. The zero-order valence-electron chi connectivity index (χ0n) is 9.66. The molecule has 0 spiro atoms. The molecule has 1 unspecified atom stereocenters. The molecular formula is C10H15F3N2O3. The summed E-state index contributed by atoms with van der Waals surface area (Å²) >= 11 is 0. The molecule has 2 rings (SSSR count). The van der Waals surface area contributed by atoms with Gasteiger partial charge in [0.05, 0.1) is 6.04 Å². The van der Waals surface area contributed by atoms with Gasteiger partial charge in [-0.25, -0.2) is 4.79 Å². The lowest BCUT2D eigenvalue weighted by molar-refractivity contribution is -0.192. The summed E-state index contributed by atoms with van der Waals surface area (Å²) in [5.41, 5.74) is 0. The number of aliphatic carboxylic acids is 1. The molecule has 0 aromatic carbocycles. The highest BCUT2D eigenvalue weighted by atomic mass is 19.4. The summed E-state index contributed by atoms with van der Waals surface area (Å²) < 4.78 is 31.7. The Bertz CT molecular complexity index is 314. The van der Waals surface area contributed by atoms with Crippen LogP contribution in [0.4, 0.5) is 13.2 Å². The molecule has 5 nitrogen and oxygen atoms in total. The molecule has 0 aliphatic carbocycles. The average molecular weight is 268 g/mol. The van der Waals surface area contributed by atoms with Gasteiger partial charge in [0.1, 0.15) is 0 Å². The molecule has 2 fully saturated rings. The quantitative estimate of drug-likeness (QED) is 0.731. The van der Waals surface area contributed by atoms with Gasteiger partial charge in [0.25, 0.3) is 0 Å². The summed E-state index contributed by atoms with van der Waals surface area (Å²) in [7, 11) is 0. The number of nitrogens with zero attached hydrogens (tertiary/aromatic N) is 1.